The minimum Gasteiger partial charge on any atom is -0.316 e. The molecule has 2 aliphatic rings. The van der Waals surface area contributed by atoms with Crippen LogP contribution in [-0.2, 0) is 15.8 Å². The molecule has 112 valence electrons. The van der Waals surface area contributed by atoms with Crippen LogP contribution in [0.3, 0.4) is 0 Å². The molecule has 0 unspecified atom stereocenters. The van der Waals surface area contributed by atoms with Crippen molar-refractivity contribution in [1.29, 1.82) is 0 Å². The highest BCUT2D eigenvalue weighted by Gasteiger charge is 2.40. The lowest BCUT2D eigenvalue weighted by Gasteiger charge is -2.17. The number of hydrogen-bond donors (Lipinski definition) is 1. The molecular weight excluding hydrogens is 303 g/mol. The van der Waals surface area contributed by atoms with Crippen molar-refractivity contribution in [2.24, 2.45) is 11.8 Å². The maximum atomic E-state index is 12.8. The number of benzene rings is 1. The first kappa shape index (κ1) is 15.7. The lowest BCUT2D eigenvalue weighted by Crippen LogP contribution is -2.32. The zero-order chi connectivity index (χ0) is 13.5. The van der Waals surface area contributed by atoms with E-state index in [-0.39, 0.29) is 24.0 Å². The number of halogens is 2. The van der Waals surface area contributed by atoms with Crippen molar-refractivity contribution in [3.63, 3.8) is 0 Å². The van der Waals surface area contributed by atoms with E-state index in [1.165, 1.54) is 24.3 Å². The van der Waals surface area contributed by atoms with Gasteiger partial charge in [-0.1, -0.05) is 12.1 Å². The van der Waals surface area contributed by atoms with Gasteiger partial charge in [0.05, 0.1) is 5.75 Å². The van der Waals surface area contributed by atoms with Crippen LogP contribution in [0, 0.1) is 17.7 Å². The van der Waals surface area contributed by atoms with Gasteiger partial charge in [-0.05, 0) is 42.6 Å². The Morgan fingerprint density at radius 2 is 1.70 bits per heavy atom. The Hall–Kier alpha value is -0.690. The van der Waals surface area contributed by atoms with E-state index in [1.54, 1.807) is 4.31 Å². The van der Waals surface area contributed by atoms with Gasteiger partial charge in [0.1, 0.15) is 5.82 Å². The summed E-state index contributed by atoms with van der Waals surface area (Å²) in [7, 11) is -3.28. The number of rotatable bonds is 3. The minimum atomic E-state index is -3.28. The predicted octanol–water partition coefficient (Wildman–Crippen LogP) is 1.23. The molecule has 0 saturated carbocycles. The monoisotopic (exact) mass is 320 g/mol. The molecule has 0 aliphatic carbocycles. The summed E-state index contributed by atoms with van der Waals surface area (Å²) in [5, 5.41) is 3.29. The zero-order valence-electron chi connectivity index (χ0n) is 11.0. The number of hydrogen-bond acceptors (Lipinski definition) is 3. The largest absolute Gasteiger partial charge is 0.316 e. The molecule has 2 heterocycles. The maximum absolute atomic E-state index is 12.8. The molecule has 0 spiro atoms. The van der Waals surface area contributed by atoms with Gasteiger partial charge >= 0.3 is 0 Å². The molecule has 0 amide bonds. The normalized spacial score (nSPS) is 26.2. The van der Waals surface area contributed by atoms with E-state index >= 15 is 0 Å². The van der Waals surface area contributed by atoms with E-state index in [0.717, 1.165) is 13.1 Å². The Kier molecular flexibility index (Phi) is 4.69. The van der Waals surface area contributed by atoms with Crippen molar-refractivity contribution in [2.45, 2.75) is 5.75 Å². The molecular formula is C13H18ClFN2O2S. The minimum absolute atomic E-state index is 0. The number of nitrogens with zero attached hydrogens (tertiary/aromatic N) is 1. The standard InChI is InChI=1S/C13H17FN2O2S.ClH/c14-13-3-1-10(2-4-13)9-19(17,18)16-7-11-5-15-6-12(11)8-16;/h1-4,11-12,15H,5-9H2;1H/t11-,12+;. The summed E-state index contributed by atoms with van der Waals surface area (Å²) < 4.78 is 39.1. The molecule has 0 bridgehead atoms. The van der Waals surface area contributed by atoms with Gasteiger partial charge in [-0.2, -0.15) is 0 Å². The van der Waals surface area contributed by atoms with Crippen molar-refractivity contribution >= 4 is 22.4 Å². The molecule has 2 atom stereocenters. The van der Waals surface area contributed by atoms with Crippen molar-refractivity contribution in [1.82, 2.24) is 9.62 Å². The van der Waals surface area contributed by atoms with Crippen LogP contribution >= 0.6 is 12.4 Å². The summed E-state index contributed by atoms with van der Waals surface area (Å²) in [6.07, 6.45) is 0. The predicted molar refractivity (Wildman–Crippen MR) is 77.7 cm³/mol. The van der Waals surface area contributed by atoms with Crippen LogP contribution in [0.5, 0.6) is 0 Å². The molecule has 1 N–H and O–H groups in total. The highest BCUT2D eigenvalue weighted by Crippen LogP contribution is 2.29. The van der Waals surface area contributed by atoms with Crippen LogP contribution < -0.4 is 5.32 Å². The average molecular weight is 321 g/mol. The van der Waals surface area contributed by atoms with Crippen molar-refractivity contribution in [3.8, 4) is 0 Å². The van der Waals surface area contributed by atoms with E-state index in [1.807, 2.05) is 0 Å². The molecule has 4 nitrogen and oxygen atoms in total. The highest BCUT2D eigenvalue weighted by atomic mass is 35.5. The first-order valence-corrected chi connectivity index (χ1v) is 8.08. The zero-order valence-corrected chi connectivity index (χ0v) is 12.6. The number of fused-ring (bicyclic) bond motifs is 1. The maximum Gasteiger partial charge on any atom is 0.218 e. The second-order valence-corrected chi connectivity index (χ2v) is 7.35. The molecule has 0 aromatic heterocycles. The molecule has 1 aromatic carbocycles. The summed E-state index contributed by atoms with van der Waals surface area (Å²) >= 11 is 0. The Bertz CT molecular complexity index is 552. The van der Waals surface area contributed by atoms with Gasteiger partial charge in [0.25, 0.3) is 0 Å². The third kappa shape index (κ3) is 3.14. The second kappa shape index (κ2) is 5.97. The van der Waals surface area contributed by atoms with Gasteiger partial charge < -0.3 is 5.32 Å². The summed E-state index contributed by atoms with van der Waals surface area (Å²) in [6.45, 7) is 3.04. The van der Waals surface area contributed by atoms with E-state index in [2.05, 4.69) is 5.32 Å². The van der Waals surface area contributed by atoms with E-state index < -0.39 is 10.0 Å². The fourth-order valence-corrected chi connectivity index (χ4v) is 4.56. The molecule has 20 heavy (non-hydrogen) atoms. The quantitative estimate of drug-likeness (QED) is 0.911. The van der Waals surface area contributed by atoms with E-state index in [4.69, 9.17) is 0 Å². The van der Waals surface area contributed by atoms with Crippen LogP contribution in [0.25, 0.3) is 0 Å². The number of sulfonamides is 1. The Morgan fingerprint density at radius 3 is 2.25 bits per heavy atom. The first-order valence-electron chi connectivity index (χ1n) is 6.47. The SMILES string of the molecule is Cl.O=S(=O)(Cc1ccc(F)cc1)N1C[C@H]2CNC[C@H]2C1. The Morgan fingerprint density at radius 1 is 1.15 bits per heavy atom. The second-order valence-electron chi connectivity index (χ2n) is 5.38. The molecule has 2 fully saturated rings. The fraction of sp³-hybridized carbons (Fsp3) is 0.538. The van der Waals surface area contributed by atoms with Crippen molar-refractivity contribution in [3.05, 3.63) is 35.6 Å². The summed E-state index contributed by atoms with van der Waals surface area (Å²) in [5.74, 6) is 0.508. The summed E-state index contributed by atoms with van der Waals surface area (Å²) in [6, 6.07) is 5.66. The van der Waals surface area contributed by atoms with Gasteiger partial charge in [-0.15, -0.1) is 12.4 Å². The fourth-order valence-electron chi connectivity index (χ4n) is 2.92. The van der Waals surface area contributed by atoms with Crippen molar-refractivity contribution in [2.75, 3.05) is 26.2 Å². The van der Waals surface area contributed by atoms with Crippen molar-refractivity contribution < 1.29 is 12.8 Å². The van der Waals surface area contributed by atoms with Crippen LogP contribution in [0.4, 0.5) is 4.39 Å². The average Bonchev–Trinajstić information content (AvgIpc) is 2.92. The van der Waals surface area contributed by atoms with Crippen LogP contribution in [0.15, 0.2) is 24.3 Å². The van der Waals surface area contributed by atoms with Crippen LogP contribution in [-0.4, -0.2) is 38.9 Å². The summed E-state index contributed by atoms with van der Waals surface area (Å²) in [4.78, 5) is 0. The smallest absolute Gasteiger partial charge is 0.218 e. The molecule has 2 aliphatic heterocycles. The Balaban J connectivity index is 0.00000147. The van der Waals surface area contributed by atoms with E-state index in [9.17, 15) is 12.8 Å². The molecule has 2 saturated heterocycles. The third-order valence-electron chi connectivity index (χ3n) is 4.01. The number of nitrogens with one attached hydrogen (secondary N) is 1. The van der Waals surface area contributed by atoms with E-state index in [0.29, 0.717) is 30.5 Å². The van der Waals surface area contributed by atoms with Crippen LogP contribution in [0.1, 0.15) is 5.56 Å². The molecule has 0 radical (unpaired) electrons. The lowest BCUT2D eigenvalue weighted by atomic mass is 10.0. The van der Waals surface area contributed by atoms with Gasteiger partial charge in [0.2, 0.25) is 10.0 Å². The highest BCUT2D eigenvalue weighted by molar-refractivity contribution is 7.88. The molecule has 7 heteroatoms. The van der Waals surface area contributed by atoms with Gasteiger partial charge in [0, 0.05) is 13.1 Å². The Labute approximate surface area is 124 Å². The first-order chi connectivity index (χ1) is 9.04. The van der Waals surface area contributed by atoms with Gasteiger partial charge in [-0.25, -0.2) is 17.1 Å². The van der Waals surface area contributed by atoms with Gasteiger partial charge in [-0.3, -0.25) is 0 Å². The molecule has 3 rings (SSSR count). The third-order valence-corrected chi connectivity index (χ3v) is 5.79. The summed E-state index contributed by atoms with van der Waals surface area (Å²) in [5.41, 5.74) is 0.636. The molecule has 1 aromatic rings. The topological polar surface area (TPSA) is 49.4 Å². The lowest BCUT2D eigenvalue weighted by molar-refractivity contribution is 0.447. The van der Waals surface area contributed by atoms with Crippen LogP contribution in [0.2, 0.25) is 0 Å². The van der Waals surface area contributed by atoms with Gasteiger partial charge in [0.15, 0.2) is 0 Å².